The van der Waals surface area contributed by atoms with Crippen molar-refractivity contribution in [3.8, 4) is 0 Å². The first-order valence-electron chi connectivity index (χ1n) is 9.63. The summed E-state index contributed by atoms with van der Waals surface area (Å²) in [5.74, 6) is 1.07. The molecule has 0 bridgehead atoms. The summed E-state index contributed by atoms with van der Waals surface area (Å²) in [5, 5.41) is 3.38. The molecular weight excluding hydrogens is 360 g/mol. The predicted octanol–water partition coefficient (Wildman–Crippen LogP) is 3.37. The zero-order valence-electron chi connectivity index (χ0n) is 16.1. The number of aromatic nitrogens is 2. The van der Waals surface area contributed by atoms with Crippen LogP contribution in [0.5, 0.6) is 0 Å². The Balaban J connectivity index is 1.52. The molecule has 2 aromatic rings. The third-order valence-corrected chi connectivity index (χ3v) is 6.44. The van der Waals surface area contributed by atoms with Crippen molar-refractivity contribution < 1.29 is 9.00 Å². The van der Waals surface area contributed by atoms with E-state index in [1.54, 1.807) is 6.20 Å². The first-order valence-corrected chi connectivity index (χ1v) is 10.8. The number of benzene rings is 1. The molecule has 2 aliphatic rings. The van der Waals surface area contributed by atoms with Gasteiger partial charge in [-0.2, -0.15) is 0 Å². The summed E-state index contributed by atoms with van der Waals surface area (Å²) < 4.78 is 17.0. The second-order valence-corrected chi connectivity index (χ2v) is 8.92. The van der Waals surface area contributed by atoms with E-state index in [-0.39, 0.29) is 5.92 Å². The Labute approximate surface area is 162 Å². The predicted molar refractivity (Wildman–Crippen MR) is 106 cm³/mol. The fourth-order valence-electron chi connectivity index (χ4n) is 4.32. The Kier molecular flexibility index (Phi) is 4.80. The highest BCUT2D eigenvalue weighted by molar-refractivity contribution is 7.83. The highest BCUT2D eigenvalue weighted by atomic mass is 32.2. The van der Waals surface area contributed by atoms with E-state index < -0.39 is 17.0 Å². The molecule has 0 saturated heterocycles. The van der Waals surface area contributed by atoms with Gasteiger partial charge in [-0.25, -0.2) is 14.0 Å². The van der Waals surface area contributed by atoms with Crippen molar-refractivity contribution in [1.29, 1.82) is 0 Å². The molecule has 1 heterocycles. The number of anilines is 1. The van der Waals surface area contributed by atoms with E-state index in [1.807, 2.05) is 25.5 Å². The number of carbonyl (C=O) groups is 1. The van der Waals surface area contributed by atoms with Crippen LogP contribution in [0.2, 0.25) is 0 Å². The lowest BCUT2D eigenvalue weighted by atomic mass is 9.99. The van der Waals surface area contributed by atoms with Crippen LogP contribution in [0.15, 0.2) is 17.3 Å². The monoisotopic (exact) mass is 386 g/mol. The molecule has 144 valence electrons. The summed E-state index contributed by atoms with van der Waals surface area (Å²) in [6.45, 7) is 4.07. The molecule has 0 fully saturated rings. The minimum Gasteiger partial charge on any atom is -0.336 e. The number of nitrogens with one attached hydrogen (secondary N) is 2. The van der Waals surface area contributed by atoms with Crippen LogP contribution in [-0.4, -0.2) is 19.8 Å². The molecule has 1 aromatic heterocycles. The molecular formula is C20H26N4O2S. The standard InChI is InChI=1S/C20H26N4O2S/c1-12(2)19-21-17(11-24(19)3)27(26)23-20(25)22-18-15-8-4-6-13(15)10-14-7-5-9-16(14)18/h10-12H,4-9H2,1-3H3,(H2,22,23,25). The number of nitrogens with zero attached hydrogens (tertiary/aromatic N) is 2. The Morgan fingerprint density at radius 2 is 1.78 bits per heavy atom. The van der Waals surface area contributed by atoms with Gasteiger partial charge < -0.3 is 9.88 Å². The fourth-order valence-corrected chi connectivity index (χ4v) is 5.08. The summed E-state index contributed by atoms with van der Waals surface area (Å²) >= 11 is 0. The zero-order chi connectivity index (χ0) is 19.1. The summed E-state index contributed by atoms with van der Waals surface area (Å²) in [5.41, 5.74) is 6.20. The van der Waals surface area contributed by atoms with Gasteiger partial charge in [-0.05, 0) is 60.8 Å². The van der Waals surface area contributed by atoms with Crippen molar-refractivity contribution in [1.82, 2.24) is 14.3 Å². The van der Waals surface area contributed by atoms with Crippen LogP contribution in [0.1, 0.15) is 60.7 Å². The molecule has 2 aliphatic carbocycles. The minimum absolute atomic E-state index is 0.226. The number of hydrogen-bond acceptors (Lipinski definition) is 3. The van der Waals surface area contributed by atoms with Crippen molar-refractivity contribution in [3.63, 3.8) is 0 Å². The largest absolute Gasteiger partial charge is 0.336 e. The van der Waals surface area contributed by atoms with E-state index >= 15 is 0 Å². The van der Waals surface area contributed by atoms with Gasteiger partial charge in [-0.3, -0.25) is 4.72 Å². The van der Waals surface area contributed by atoms with Crippen molar-refractivity contribution in [2.24, 2.45) is 7.05 Å². The van der Waals surface area contributed by atoms with Gasteiger partial charge in [0, 0.05) is 24.8 Å². The Morgan fingerprint density at radius 3 is 2.33 bits per heavy atom. The lowest BCUT2D eigenvalue weighted by Gasteiger charge is -2.16. The number of aryl methyl sites for hydroxylation is 3. The first-order chi connectivity index (χ1) is 12.9. The molecule has 0 saturated carbocycles. The average Bonchev–Trinajstić information content (AvgIpc) is 3.32. The number of hydrogen-bond donors (Lipinski definition) is 2. The van der Waals surface area contributed by atoms with Crippen LogP contribution < -0.4 is 10.0 Å². The minimum atomic E-state index is -1.68. The maximum atomic E-state index is 12.6. The van der Waals surface area contributed by atoms with E-state index in [0.717, 1.165) is 50.0 Å². The van der Waals surface area contributed by atoms with Crippen molar-refractivity contribution >= 4 is 22.7 Å². The summed E-state index contributed by atoms with van der Waals surface area (Å²) in [4.78, 5) is 17.0. The second-order valence-electron chi connectivity index (χ2n) is 7.76. The summed E-state index contributed by atoms with van der Waals surface area (Å²) in [6, 6.07) is 1.90. The maximum Gasteiger partial charge on any atom is 0.331 e. The molecule has 0 aliphatic heterocycles. The van der Waals surface area contributed by atoms with Gasteiger partial charge in [0.2, 0.25) is 0 Å². The van der Waals surface area contributed by atoms with Crippen molar-refractivity contribution in [2.75, 3.05) is 5.32 Å². The van der Waals surface area contributed by atoms with E-state index in [9.17, 15) is 9.00 Å². The molecule has 2 N–H and O–H groups in total. The Bertz CT molecular complexity index is 900. The number of urea groups is 1. The Hall–Kier alpha value is -2.15. The molecule has 2 amide bonds. The number of rotatable bonds is 4. The van der Waals surface area contributed by atoms with Crippen LogP contribution in [-0.2, 0) is 43.7 Å². The number of carbonyl (C=O) groups excluding carboxylic acids is 1. The van der Waals surface area contributed by atoms with E-state index in [4.69, 9.17) is 0 Å². The third-order valence-electron chi connectivity index (χ3n) is 5.49. The molecule has 1 atom stereocenters. The summed E-state index contributed by atoms with van der Waals surface area (Å²) in [6.07, 6.45) is 8.13. The van der Waals surface area contributed by atoms with E-state index in [1.165, 1.54) is 22.3 Å². The van der Waals surface area contributed by atoms with Crippen molar-refractivity contribution in [2.45, 2.75) is 63.3 Å². The normalized spacial score (nSPS) is 16.3. The lowest BCUT2D eigenvalue weighted by molar-refractivity contribution is 0.257. The van der Waals surface area contributed by atoms with Crippen LogP contribution in [0.25, 0.3) is 0 Å². The topological polar surface area (TPSA) is 76.0 Å². The molecule has 27 heavy (non-hydrogen) atoms. The van der Waals surface area contributed by atoms with Crippen LogP contribution in [0, 0.1) is 0 Å². The molecule has 4 rings (SSSR count). The van der Waals surface area contributed by atoms with Gasteiger partial charge in [0.1, 0.15) is 5.82 Å². The van der Waals surface area contributed by atoms with Gasteiger partial charge in [0.15, 0.2) is 16.0 Å². The van der Waals surface area contributed by atoms with E-state index in [2.05, 4.69) is 21.1 Å². The maximum absolute atomic E-state index is 12.6. The molecule has 1 unspecified atom stereocenters. The first kappa shape index (κ1) is 18.2. The highest BCUT2D eigenvalue weighted by Gasteiger charge is 2.25. The van der Waals surface area contributed by atoms with Gasteiger partial charge >= 0.3 is 6.03 Å². The van der Waals surface area contributed by atoms with Crippen LogP contribution >= 0.6 is 0 Å². The van der Waals surface area contributed by atoms with Crippen LogP contribution in [0.3, 0.4) is 0 Å². The molecule has 1 aromatic carbocycles. The number of amides is 2. The highest BCUT2D eigenvalue weighted by Crippen LogP contribution is 2.38. The average molecular weight is 387 g/mol. The SMILES string of the molecule is CC(C)c1nc(S(=O)NC(=O)Nc2c3c(cc4c2CCC4)CCC3)cn1C. The number of imidazole rings is 1. The molecule has 7 heteroatoms. The smallest absolute Gasteiger partial charge is 0.331 e. The van der Waals surface area contributed by atoms with Crippen molar-refractivity contribution in [3.05, 3.63) is 40.3 Å². The van der Waals surface area contributed by atoms with E-state index in [0.29, 0.717) is 5.03 Å². The lowest BCUT2D eigenvalue weighted by Crippen LogP contribution is -2.31. The second kappa shape index (κ2) is 7.11. The quantitative estimate of drug-likeness (QED) is 0.846. The molecule has 0 radical (unpaired) electrons. The Morgan fingerprint density at radius 1 is 1.15 bits per heavy atom. The van der Waals surface area contributed by atoms with Crippen LogP contribution in [0.4, 0.5) is 10.5 Å². The zero-order valence-corrected chi connectivity index (χ0v) is 16.9. The van der Waals surface area contributed by atoms with Gasteiger partial charge in [-0.1, -0.05) is 19.9 Å². The fraction of sp³-hybridized carbons (Fsp3) is 0.500. The number of fused-ring (bicyclic) bond motifs is 2. The van der Waals surface area contributed by atoms with Gasteiger partial charge in [0.25, 0.3) is 0 Å². The molecule has 0 spiro atoms. The summed E-state index contributed by atoms with van der Waals surface area (Å²) in [7, 11) is 0.191. The van der Waals surface area contributed by atoms with Gasteiger partial charge in [-0.15, -0.1) is 0 Å². The third kappa shape index (κ3) is 3.40. The van der Waals surface area contributed by atoms with Gasteiger partial charge in [0.05, 0.1) is 0 Å². The molecule has 6 nitrogen and oxygen atoms in total.